The van der Waals surface area contributed by atoms with Crippen molar-refractivity contribution in [2.24, 2.45) is 16.8 Å². The second-order valence-corrected chi connectivity index (χ2v) is 7.59. The number of hydrogen-bond acceptors (Lipinski definition) is 3. The number of amides is 1. The molecule has 1 heterocycles. The molecule has 1 saturated carbocycles. The molecule has 1 saturated heterocycles. The molecule has 25 heavy (non-hydrogen) atoms. The van der Waals surface area contributed by atoms with Gasteiger partial charge in [-0.2, -0.15) is 0 Å². The molecule has 1 aliphatic carbocycles. The van der Waals surface area contributed by atoms with E-state index in [9.17, 15) is 4.79 Å². The summed E-state index contributed by atoms with van der Waals surface area (Å²) in [6.07, 6.45) is 5.56. The molecule has 146 valence electrons. The minimum atomic E-state index is 0. The summed E-state index contributed by atoms with van der Waals surface area (Å²) in [5, 5.41) is 7.09. The number of nitrogens with one attached hydrogen (secondary N) is 2. The van der Waals surface area contributed by atoms with Gasteiger partial charge in [0.25, 0.3) is 0 Å². The zero-order valence-electron chi connectivity index (χ0n) is 16.1. The molecule has 2 N–H and O–H groups in total. The number of ether oxygens (including phenoxy) is 1. The van der Waals surface area contributed by atoms with E-state index >= 15 is 0 Å². The van der Waals surface area contributed by atoms with Gasteiger partial charge in [0.15, 0.2) is 5.96 Å². The van der Waals surface area contributed by atoms with E-state index in [2.05, 4.69) is 29.5 Å². The summed E-state index contributed by atoms with van der Waals surface area (Å²) in [5.74, 6) is 2.32. The van der Waals surface area contributed by atoms with Gasteiger partial charge in [0.2, 0.25) is 5.91 Å². The van der Waals surface area contributed by atoms with Crippen molar-refractivity contribution in [3.63, 3.8) is 0 Å². The molecule has 7 heteroatoms. The number of hydrogen-bond donors (Lipinski definition) is 2. The molecule has 0 aromatic rings. The molecule has 6 nitrogen and oxygen atoms in total. The number of carbonyl (C=O) groups is 1. The van der Waals surface area contributed by atoms with Crippen LogP contribution in [0.2, 0.25) is 0 Å². The number of rotatable bonds is 4. The van der Waals surface area contributed by atoms with Crippen molar-refractivity contribution in [3.05, 3.63) is 0 Å². The molecule has 3 unspecified atom stereocenters. The predicted molar refractivity (Wildman–Crippen MR) is 112 cm³/mol. The Morgan fingerprint density at radius 2 is 1.68 bits per heavy atom. The lowest BCUT2D eigenvalue weighted by Crippen LogP contribution is -2.50. The van der Waals surface area contributed by atoms with Crippen LogP contribution in [0.5, 0.6) is 0 Å². The molecule has 0 bridgehead atoms. The summed E-state index contributed by atoms with van der Waals surface area (Å²) in [5.41, 5.74) is 0. The molecule has 0 aromatic carbocycles. The third kappa shape index (κ3) is 7.68. The van der Waals surface area contributed by atoms with Crippen LogP contribution >= 0.6 is 24.0 Å². The second kappa shape index (κ2) is 11.2. The van der Waals surface area contributed by atoms with E-state index in [4.69, 9.17) is 4.74 Å². The molecular weight excluding hydrogens is 431 g/mol. The third-order valence-corrected chi connectivity index (χ3v) is 5.37. The third-order valence-electron chi connectivity index (χ3n) is 5.37. The van der Waals surface area contributed by atoms with Gasteiger partial charge in [-0.3, -0.25) is 4.79 Å². The minimum absolute atomic E-state index is 0. The fraction of sp³-hybridized carbons (Fsp3) is 0.889. The lowest BCUT2D eigenvalue weighted by atomic mass is 9.79. The molecule has 1 amide bonds. The summed E-state index contributed by atoms with van der Waals surface area (Å²) < 4.78 is 5.43. The average molecular weight is 466 g/mol. The fourth-order valence-corrected chi connectivity index (χ4v) is 3.33. The number of carbonyl (C=O) groups excluding carboxylic acids is 1. The number of likely N-dealkylation sites (N-methyl/N-ethyl adjacent to an activating group) is 1. The minimum Gasteiger partial charge on any atom is -0.381 e. The van der Waals surface area contributed by atoms with Crippen molar-refractivity contribution < 1.29 is 9.53 Å². The summed E-state index contributed by atoms with van der Waals surface area (Å²) in [6.45, 7) is 6.44. The molecule has 2 aliphatic rings. The summed E-state index contributed by atoms with van der Waals surface area (Å²) in [6, 6.07) is 0.816. The average Bonchev–Trinajstić information content (AvgIpc) is 2.56. The van der Waals surface area contributed by atoms with Gasteiger partial charge in [0.1, 0.15) is 6.54 Å². The van der Waals surface area contributed by atoms with Crippen molar-refractivity contribution >= 4 is 35.8 Å². The first-order chi connectivity index (χ1) is 11.5. The largest absolute Gasteiger partial charge is 0.381 e. The molecule has 3 atom stereocenters. The Labute approximate surface area is 169 Å². The van der Waals surface area contributed by atoms with E-state index in [1.54, 1.807) is 19.0 Å². The Morgan fingerprint density at radius 1 is 1.04 bits per heavy atom. The Balaban J connectivity index is 0.00000312. The van der Waals surface area contributed by atoms with Crippen LogP contribution in [0.3, 0.4) is 0 Å². The quantitative estimate of drug-likeness (QED) is 0.379. The van der Waals surface area contributed by atoms with Crippen molar-refractivity contribution in [2.75, 3.05) is 33.9 Å². The maximum atomic E-state index is 11.9. The first kappa shape index (κ1) is 22.5. The molecule has 2 rings (SSSR count). The normalized spacial score (nSPS) is 28.0. The lowest BCUT2D eigenvalue weighted by Gasteiger charge is -2.34. The lowest BCUT2D eigenvalue weighted by molar-refractivity contribution is -0.127. The number of guanidine groups is 1. The Kier molecular flexibility index (Phi) is 10.1. The van der Waals surface area contributed by atoms with Gasteiger partial charge in [0, 0.05) is 39.4 Å². The van der Waals surface area contributed by atoms with E-state index in [1.165, 1.54) is 12.8 Å². The highest BCUT2D eigenvalue weighted by Crippen LogP contribution is 2.29. The molecule has 0 aromatic heterocycles. The van der Waals surface area contributed by atoms with Crippen molar-refractivity contribution in [3.8, 4) is 0 Å². The van der Waals surface area contributed by atoms with Crippen LogP contribution in [0.1, 0.15) is 46.0 Å². The van der Waals surface area contributed by atoms with E-state index in [1.807, 2.05) is 0 Å². The van der Waals surface area contributed by atoms with Gasteiger partial charge in [-0.05, 0) is 43.9 Å². The fourth-order valence-electron chi connectivity index (χ4n) is 3.33. The van der Waals surface area contributed by atoms with Crippen molar-refractivity contribution in [1.82, 2.24) is 15.5 Å². The number of halogens is 1. The number of nitrogens with zero attached hydrogens (tertiary/aromatic N) is 2. The van der Waals surface area contributed by atoms with Crippen LogP contribution in [0.25, 0.3) is 0 Å². The SMILES string of the molecule is CC1CCC(NC(=NCC(=O)N(C)C)NC2CCOCC2)CC1C.I. The maximum Gasteiger partial charge on any atom is 0.243 e. The smallest absolute Gasteiger partial charge is 0.243 e. The maximum absolute atomic E-state index is 11.9. The Hall–Kier alpha value is -0.570. The van der Waals surface area contributed by atoms with Crippen molar-refractivity contribution in [2.45, 2.75) is 58.0 Å². The van der Waals surface area contributed by atoms with Gasteiger partial charge in [-0.1, -0.05) is 13.8 Å². The zero-order valence-corrected chi connectivity index (χ0v) is 18.4. The zero-order chi connectivity index (χ0) is 17.5. The first-order valence-electron chi connectivity index (χ1n) is 9.31. The van der Waals surface area contributed by atoms with Gasteiger partial charge in [-0.25, -0.2) is 4.99 Å². The Morgan fingerprint density at radius 3 is 2.28 bits per heavy atom. The molecule has 2 fully saturated rings. The number of aliphatic imine (C=N–C) groups is 1. The van der Waals surface area contributed by atoms with E-state index < -0.39 is 0 Å². The monoisotopic (exact) mass is 466 g/mol. The predicted octanol–water partition coefficient (Wildman–Crippen LogP) is 2.23. The Bertz CT molecular complexity index is 439. The van der Waals surface area contributed by atoms with Crippen LogP contribution in [-0.2, 0) is 9.53 Å². The topological polar surface area (TPSA) is 66.0 Å². The molecule has 1 aliphatic heterocycles. The standard InChI is InChI=1S/C18H34N4O2.HI/c1-13-5-6-16(11-14(13)2)21-18(19-12-17(23)22(3)4)20-15-7-9-24-10-8-15;/h13-16H,5-12H2,1-4H3,(H2,19,20,21);1H. The highest BCUT2D eigenvalue weighted by atomic mass is 127. The van der Waals surface area contributed by atoms with Crippen LogP contribution in [0.4, 0.5) is 0 Å². The summed E-state index contributed by atoms with van der Waals surface area (Å²) in [4.78, 5) is 18.0. The molecular formula is C18H35IN4O2. The first-order valence-corrected chi connectivity index (χ1v) is 9.31. The molecule has 0 spiro atoms. The van der Waals surface area contributed by atoms with Gasteiger partial charge < -0.3 is 20.3 Å². The summed E-state index contributed by atoms with van der Waals surface area (Å²) in [7, 11) is 3.53. The van der Waals surface area contributed by atoms with E-state index in [0.717, 1.165) is 50.3 Å². The molecule has 0 radical (unpaired) electrons. The van der Waals surface area contributed by atoms with Crippen LogP contribution in [-0.4, -0.2) is 62.7 Å². The van der Waals surface area contributed by atoms with Crippen LogP contribution < -0.4 is 10.6 Å². The highest BCUT2D eigenvalue weighted by molar-refractivity contribution is 14.0. The summed E-state index contributed by atoms with van der Waals surface area (Å²) >= 11 is 0. The van der Waals surface area contributed by atoms with Crippen LogP contribution in [0.15, 0.2) is 4.99 Å². The highest BCUT2D eigenvalue weighted by Gasteiger charge is 2.26. The van der Waals surface area contributed by atoms with Gasteiger partial charge >= 0.3 is 0 Å². The van der Waals surface area contributed by atoms with Crippen molar-refractivity contribution in [1.29, 1.82) is 0 Å². The van der Waals surface area contributed by atoms with Crippen LogP contribution in [0, 0.1) is 11.8 Å². The second-order valence-electron chi connectivity index (χ2n) is 7.59. The van der Waals surface area contributed by atoms with E-state index in [-0.39, 0.29) is 36.4 Å². The van der Waals surface area contributed by atoms with Gasteiger partial charge in [0.05, 0.1) is 0 Å². The van der Waals surface area contributed by atoms with E-state index in [0.29, 0.717) is 12.1 Å². The van der Waals surface area contributed by atoms with Gasteiger partial charge in [-0.15, -0.1) is 24.0 Å².